The van der Waals surface area contributed by atoms with Gasteiger partial charge in [-0.2, -0.15) is 0 Å². The second kappa shape index (κ2) is 5.53. The minimum atomic E-state index is 0.748. The van der Waals surface area contributed by atoms with Crippen LogP contribution >= 0.6 is 11.8 Å². The van der Waals surface area contributed by atoms with E-state index in [0.717, 1.165) is 22.7 Å². The summed E-state index contributed by atoms with van der Waals surface area (Å²) in [6.45, 7) is 13.4. The lowest BCUT2D eigenvalue weighted by atomic mass is 10.1. The maximum atomic E-state index is 3.84. The number of thioether (sulfide) groups is 1. The van der Waals surface area contributed by atoms with Crippen LogP contribution in [0.1, 0.15) is 27.7 Å². The van der Waals surface area contributed by atoms with Gasteiger partial charge in [0.2, 0.25) is 0 Å². The van der Waals surface area contributed by atoms with Gasteiger partial charge in [-0.25, -0.2) is 0 Å². The molecular weight excluding hydrogens is 154 g/mol. The average Bonchev–Trinajstić information content (AvgIpc) is 2.40. The van der Waals surface area contributed by atoms with E-state index in [-0.39, 0.29) is 0 Å². The van der Waals surface area contributed by atoms with Crippen LogP contribution in [0.4, 0.5) is 0 Å². The highest BCUT2D eigenvalue weighted by molar-refractivity contribution is 8.03. The molecular formula is C9H19NS. The summed E-state index contributed by atoms with van der Waals surface area (Å²) < 4.78 is 0. The normalized spacial score (nSPS) is 22.6. The van der Waals surface area contributed by atoms with E-state index in [1.807, 2.05) is 25.6 Å². The molecule has 66 valence electrons. The topological polar surface area (TPSA) is 12.0 Å². The molecule has 11 heavy (non-hydrogen) atoms. The molecule has 0 saturated carbocycles. The molecule has 1 unspecified atom stereocenters. The van der Waals surface area contributed by atoms with Crippen molar-refractivity contribution in [3.05, 3.63) is 11.6 Å². The average molecular weight is 173 g/mol. The number of hydrogen-bond acceptors (Lipinski definition) is 2. The van der Waals surface area contributed by atoms with E-state index in [9.17, 15) is 0 Å². The largest absolute Gasteiger partial charge is 0.379 e. The van der Waals surface area contributed by atoms with Crippen molar-refractivity contribution in [3.8, 4) is 0 Å². The van der Waals surface area contributed by atoms with Gasteiger partial charge in [-0.1, -0.05) is 34.3 Å². The van der Waals surface area contributed by atoms with Crippen molar-refractivity contribution in [2.45, 2.75) is 32.9 Å². The first kappa shape index (κ1) is 10.9. The van der Waals surface area contributed by atoms with E-state index >= 15 is 0 Å². The highest BCUT2D eigenvalue weighted by Crippen LogP contribution is 2.28. The molecule has 0 bridgehead atoms. The first-order valence-corrected chi connectivity index (χ1v) is 5.17. The Balaban J connectivity index is 0.000000461. The zero-order valence-electron chi connectivity index (χ0n) is 7.98. The van der Waals surface area contributed by atoms with Gasteiger partial charge in [-0.05, 0) is 5.92 Å². The van der Waals surface area contributed by atoms with E-state index in [1.165, 1.54) is 0 Å². The van der Waals surface area contributed by atoms with Gasteiger partial charge < -0.3 is 5.32 Å². The Hall–Kier alpha value is -0.110. The Morgan fingerprint density at radius 3 is 2.27 bits per heavy atom. The van der Waals surface area contributed by atoms with Gasteiger partial charge >= 0.3 is 0 Å². The summed E-state index contributed by atoms with van der Waals surface area (Å²) in [5.74, 6) is 0.766. The van der Waals surface area contributed by atoms with Crippen LogP contribution in [0.2, 0.25) is 0 Å². The SMILES string of the molecule is C=C1NCC(C(C)C)S1.CC. The van der Waals surface area contributed by atoms with Crippen molar-refractivity contribution in [3.63, 3.8) is 0 Å². The molecule has 1 aliphatic heterocycles. The highest BCUT2D eigenvalue weighted by atomic mass is 32.2. The molecule has 1 aliphatic rings. The van der Waals surface area contributed by atoms with Gasteiger partial charge in [0.1, 0.15) is 0 Å². The lowest BCUT2D eigenvalue weighted by Crippen LogP contribution is -2.16. The van der Waals surface area contributed by atoms with Crippen LogP contribution in [0.25, 0.3) is 0 Å². The van der Waals surface area contributed by atoms with Gasteiger partial charge in [0, 0.05) is 11.8 Å². The van der Waals surface area contributed by atoms with Crippen molar-refractivity contribution < 1.29 is 0 Å². The predicted octanol–water partition coefficient (Wildman–Crippen LogP) is 2.84. The zero-order valence-corrected chi connectivity index (χ0v) is 8.79. The number of rotatable bonds is 1. The molecule has 1 nitrogen and oxygen atoms in total. The molecule has 0 aromatic rings. The Bertz CT molecular complexity index is 121. The van der Waals surface area contributed by atoms with Crippen molar-refractivity contribution in [2.24, 2.45) is 5.92 Å². The molecule has 0 aromatic carbocycles. The Morgan fingerprint density at radius 2 is 2.09 bits per heavy atom. The number of nitrogens with one attached hydrogen (secondary N) is 1. The lowest BCUT2D eigenvalue weighted by Gasteiger charge is -2.09. The highest BCUT2D eigenvalue weighted by Gasteiger charge is 2.20. The molecule has 0 spiro atoms. The monoisotopic (exact) mass is 173 g/mol. The zero-order chi connectivity index (χ0) is 8.85. The van der Waals surface area contributed by atoms with Crippen molar-refractivity contribution in [1.82, 2.24) is 5.32 Å². The summed E-state index contributed by atoms with van der Waals surface area (Å²) in [5, 5.41) is 5.10. The quantitative estimate of drug-likeness (QED) is 0.654. The van der Waals surface area contributed by atoms with Crippen LogP contribution in [-0.4, -0.2) is 11.8 Å². The van der Waals surface area contributed by atoms with Crippen LogP contribution < -0.4 is 5.32 Å². The second-order valence-corrected chi connectivity index (χ2v) is 4.04. The van der Waals surface area contributed by atoms with Crippen molar-refractivity contribution >= 4 is 11.8 Å². The smallest absolute Gasteiger partial charge is 0.0611 e. The maximum absolute atomic E-state index is 3.84. The van der Waals surface area contributed by atoms with E-state index in [0.29, 0.717) is 0 Å². The predicted molar refractivity (Wildman–Crippen MR) is 54.7 cm³/mol. The Labute approximate surface area is 74.6 Å². The van der Waals surface area contributed by atoms with Gasteiger partial charge in [-0.3, -0.25) is 0 Å². The fourth-order valence-corrected chi connectivity index (χ4v) is 1.82. The third-order valence-electron chi connectivity index (χ3n) is 1.54. The molecule has 0 amide bonds. The fraction of sp³-hybridized carbons (Fsp3) is 0.778. The molecule has 1 saturated heterocycles. The minimum absolute atomic E-state index is 0.748. The Morgan fingerprint density at radius 1 is 1.55 bits per heavy atom. The lowest BCUT2D eigenvalue weighted by molar-refractivity contribution is 0.602. The fourth-order valence-electron chi connectivity index (χ4n) is 0.852. The van der Waals surface area contributed by atoms with E-state index < -0.39 is 0 Å². The van der Waals surface area contributed by atoms with E-state index in [1.54, 1.807) is 0 Å². The van der Waals surface area contributed by atoms with Crippen LogP contribution in [0, 0.1) is 5.92 Å². The number of hydrogen-bond donors (Lipinski definition) is 1. The minimum Gasteiger partial charge on any atom is -0.379 e. The summed E-state index contributed by atoms with van der Waals surface area (Å²) in [4.78, 5) is 0. The van der Waals surface area contributed by atoms with Crippen LogP contribution in [0.3, 0.4) is 0 Å². The van der Waals surface area contributed by atoms with E-state index in [2.05, 4.69) is 25.7 Å². The van der Waals surface area contributed by atoms with Gasteiger partial charge in [0.25, 0.3) is 0 Å². The summed E-state index contributed by atoms with van der Waals surface area (Å²) in [5.41, 5.74) is 0. The van der Waals surface area contributed by atoms with Crippen molar-refractivity contribution in [2.75, 3.05) is 6.54 Å². The third kappa shape index (κ3) is 3.71. The summed E-state index contributed by atoms with van der Waals surface area (Å²) >= 11 is 1.87. The van der Waals surface area contributed by atoms with Crippen LogP contribution in [-0.2, 0) is 0 Å². The van der Waals surface area contributed by atoms with Gasteiger partial charge in [-0.15, -0.1) is 11.8 Å². The molecule has 2 heteroatoms. The first-order chi connectivity index (χ1) is 5.20. The molecule has 1 heterocycles. The van der Waals surface area contributed by atoms with Gasteiger partial charge in [0.05, 0.1) is 5.03 Å². The van der Waals surface area contributed by atoms with E-state index in [4.69, 9.17) is 0 Å². The molecule has 1 atom stereocenters. The van der Waals surface area contributed by atoms with Gasteiger partial charge in [0.15, 0.2) is 0 Å². The molecule has 0 radical (unpaired) electrons. The second-order valence-electron chi connectivity index (χ2n) is 2.70. The van der Waals surface area contributed by atoms with Crippen molar-refractivity contribution in [1.29, 1.82) is 0 Å². The molecule has 0 aromatic heterocycles. The van der Waals surface area contributed by atoms with Crippen LogP contribution in [0.15, 0.2) is 11.6 Å². The molecule has 1 fully saturated rings. The summed E-state index contributed by atoms with van der Waals surface area (Å²) in [6.07, 6.45) is 0. The molecule has 1 N–H and O–H groups in total. The summed E-state index contributed by atoms with van der Waals surface area (Å²) in [6, 6.07) is 0. The third-order valence-corrected chi connectivity index (χ3v) is 2.98. The first-order valence-electron chi connectivity index (χ1n) is 4.29. The standard InChI is InChI=1S/C7H13NS.C2H6/c1-5(2)7-4-8-6(3)9-7;1-2/h5,7-8H,3-4H2,1-2H3;1-2H3. The summed E-state index contributed by atoms with van der Waals surface area (Å²) in [7, 11) is 0. The van der Waals surface area contributed by atoms with Crippen LogP contribution in [0.5, 0.6) is 0 Å². The molecule has 0 aliphatic carbocycles. The molecule has 1 rings (SSSR count). The Kier molecular flexibility index (Phi) is 5.47. The maximum Gasteiger partial charge on any atom is 0.0611 e.